The Kier molecular flexibility index (Phi) is 8.13. The highest BCUT2D eigenvalue weighted by molar-refractivity contribution is 5.74. The molecule has 2 amide bonds. The van der Waals surface area contributed by atoms with Crippen LogP contribution in [0.4, 0.5) is 4.79 Å². The number of carbonyl (C=O) groups excluding carboxylic acids is 1. The second-order valence-corrected chi connectivity index (χ2v) is 4.98. The van der Waals surface area contributed by atoms with Crippen molar-refractivity contribution >= 4 is 12.0 Å². The van der Waals surface area contributed by atoms with Crippen molar-refractivity contribution in [2.45, 2.75) is 38.1 Å². The maximum atomic E-state index is 11.8. The van der Waals surface area contributed by atoms with Crippen LogP contribution < -0.4 is 10.6 Å². The number of urea groups is 1. The number of carbonyl (C=O) groups is 2. The summed E-state index contributed by atoms with van der Waals surface area (Å²) in [5.74, 6) is -0.880. The molecule has 3 N–H and O–H groups in total. The number of nitrogens with one attached hydrogen (secondary N) is 2. The van der Waals surface area contributed by atoms with E-state index in [4.69, 9.17) is 10.4 Å². The predicted molar refractivity (Wildman–Crippen MR) is 82.2 cm³/mol. The van der Waals surface area contributed by atoms with E-state index < -0.39 is 5.97 Å². The van der Waals surface area contributed by atoms with E-state index in [0.29, 0.717) is 32.2 Å². The monoisotopic (exact) mass is 303 g/mol. The topological polar surface area (TPSA) is 102 Å². The molecule has 0 heterocycles. The van der Waals surface area contributed by atoms with Crippen LogP contribution in [-0.2, 0) is 11.2 Å². The van der Waals surface area contributed by atoms with E-state index in [1.54, 1.807) is 0 Å². The second kappa shape index (κ2) is 10.2. The molecule has 0 bridgehead atoms. The molecular weight excluding hydrogens is 282 g/mol. The molecule has 0 saturated heterocycles. The fraction of sp³-hybridized carbons (Fsp3) is 0.438. The molecule has 0 aliphatic carbocycles. The summed E-state index contributed by atoms with van der Waals surface area (Å²) in [6.45, 7) is 0.427. The number of carboxylic acid groups (broad SMARTS) is 1. The molecule has 0 aliphatic rings. The van der Waals surface area contributed by atoms with E-state index in [0.717, 1.165) is 5.56 Å². The van der Waals surface area contributed by atoms with Crippen molar-refractivity contribution in [2.75, 3.05) is 6.54 Å². The minimum Gasteiger partial charge on any atom is -0.481 e. The van der Waals surface area contributed by atoms with Crippen molar-refractivity contribution in [1.29, 1.82) is 5.26 Å². The summed E-state index contributed by atoms with van der Waals surface area (Å²) in [7, 11) is 0. The van der Waals surface area contributed by atoms with Crippen LogP contribution >= 0.6 is 0 Å². The van der Waals surface area contributed by atoms with E-state index in [9.17, 15) is 9.59 Å². The summed E-state index contributed by atoms with van der Waals surface area (Å²) in [6.07, 6.45) is 1.96. The van der Waals surface area contributed by atoms with E-state index in [2.05, 4.69) is 10.6 Å². The standard InChI is InChI=1S/C16H21N3O3/c17-10-4-5-11-18-16(22)19-14(8-9-15(20)21)12-13-6-2-1-3-7-13/h1-3,6-7,14H,4-5,8-9,11-12H2,(H,20,21)(H2,18,19,22). The van der Waals surface area contributed by atoms with Gasteiger partial charge in [-0.1, -0.05) is 30.3 Å². The third kappa shape index (κ3) is 7.90. The Hall–Kier alpha value is -2.55. The van der Waals surface area contributed by atoms with Gasteiger partial charge in [-0.3, -0.25) is 4.79 Å². The molecule has 1 unspecified atom stereocenters. The van der Waals surface area contributed by atoms with Crippen molar-refractivity contribution < 1.29 is 14.7 Å². The second-order valence-electron chi connectivity index (χ2n) is 4.98. The van der Waals surface area contributed by atoms with E-state index in [1.807, 2.05) is 36.4 Å². The molecule has 1 aromatic rings. The first-order chi connectivity index (χ1) is 10.6. The number of nitriles is 1. The molecular formula is C16H21N3O3. The van der Waals surface area contributed by atoms with Gasteiger partial charge in [0.1, 0.15) is 0 Å². The number of unbranched alkanes of at least 4 members (excludes halogenated alkanes) is 1. The quantitative estimate of drug-likeness (QED) is 0.608. The first-order valence-corrected chi connectivity index (χ1v) is 7.29. The van der Waals surface area contributed by atoms with E-state index >= 15 is 0 Å². The molecule has 0 saturated carbocycles. The van der Waals surface area contributed by atoms with Crippen LogP contribution in [0.3, 0.4) is 0 Å². The summed E-state index contributed by atoms with van der Waals surface area (Å²) in [5.41, 5.74) is 1.04. The lowest BCUT2D eigenvalue weighted by molar-refractivity contribution is -0.137. The smallest absolute Gasteiger partial charge is 0.315 e. The van der Waals surface area contributed by atoms with Gasteiger partial charge in [-0.05, 0) is 24.8 Å². The Balaban J connectivity index is 2.48. The number of hydrogen-bond acceptors (Lipinski definition) is 3. The van der Waals surface area contributed by atoms with Crippen LogP contribution in [0.5, 0.6) is 0 Å². The largest absolute Gasteiger partial charge is 0.481 e. The Morgan fingerprint density at radius 2 is 2.00 bits per heavy atom. The van der Waals surface area contributed by atoms with Gasteiger partial charge in [-0.25, -0.2) is 4.79 Å². The van der Waals surface area contributed by atoms with Crippen LogP contribution in [0.1, 0.15) is 31.2 Å². The minimum absolute atomic E-state index is 0.00616. The highest BCUT2D eigenvalue weighted by Crippen LogP contribution is 2.08. The first-order valence-electron chi connectivity index (χ1n) is 7.29. The molecule has 0 aromatic heterocycles. The van der Waals surface area contributed by atoms with Gasteiger partial charge in [0.2, 0.25) is 0 Å². The Morgan fingerprint density at radius 3 is 2.64 bits per heavy atom. The third-order valence-electron chi connectivity index (χ3n) is 3.12. The molecule has 22 heavy (non-hydrogen) atoms. The number of nitrogens with zero attached hydrogens (tertiary/aromatic N) is 1. The zero-order valence-electron chi connectivity index (χ0n) is 12.4. The predicted octanol–water partition coefficient (Wildman–Crippen LogP) is 2.07. The summed E-state index contributed by atoms with van der Waals surface area (Å²) >= 11 is 0. The number of carboxylic acids is 1. The van der Waals surface area contributed by atoms with Crippen molar-refractivity contribution in [2.24, 2.45) is 0 Å². The Morgan fingerprint density at radius 1 is 1.27 bits per heavy atom. The fourth-order valence-corrected chi connectivity index (χ4v) is 2.03. The van der Waals surface area contributed by atoms with Crippen molar-refractivity contribution in [3.63, 3.8) is 0 Å². The minimum atomic E-state index is -0.880. The summed E-state index contributed by atoms with van der Waals surface area (Å²) in [4.78, 5) is 22.5. The first kappa shape index (κ1) is 17.5. The van der Waals surface area contributed by atoms with Gasteiger partial charge in [0.25, 0.3) is 0 Å². The van der Waals surface area contributed by atoms with Crippen LogP contribution in [-0.4, -0.2) is 29.7 Å². The average Bonchev–Trinajstić information content (AvgIpc) is 2.50. The average molecular weight is 303 g/mol. The molecule has 6 heteroatoms. The maximum Gasteiger partial charge on any atom is 0.315 e. The molecule has 0 spiro atoms. The zero-order valence-corrected chi connectivity index (χ0v) is 12.4. The van der Waals surface area contributed by atoms with Gasteiger partial charge in [-0.15, -0.1) is 0 Å². The summed E-state index contributed by atoms with van der Waals surface area (Å²) in [5, 5.41) is 22.7. The lowest BCUT2D eigenvalue weighted by atomic mass is 10.0. The normalized spacial score (nSPS) is 11.2. The number of aliphatic carboxylic acids is 1. The van der Waals surface area contributed by atoms with Gasteiger partial charge in [-0.2, -0.15) is 5.26 Å². The molecule has 1 aromatic carbocycles. The molecule has 6 nitrogen and oxygen atoms in total. The van der Waals surface area contributed by atoms with Crippen LogP contribution in [0, 0.1) is 11.3 Å². The maximum absolute atomic E-state index is 11.8. The van der Waals surface area contributed by atoms with Gasteiger partial charge in [0, 0.05) is 25.4 Å². The van der Waals surface area contributed by atoms with Gasteiger partial charge in [0.15, 0.2) is 0 Å². The number of rotatable bonds is 9. The zero-order chi connectivity index (χ0) is 16.2. The summed E-state index contributed by atoms with van der Waals surface area (Å²) in [6, 6.07) is 11.1. The Labute approximate surface area is 130 Å². The summed E-state index contributed by atoms with van der Waals surface area (Å²) < 4.78 is 0. The molecule has 1 rings (SSSR count). The van der Waals surface area contributed by atoms with Gasteiger partial charge < -0.3 is 15.7 Å². The lowest BCUT2D eigenvalue weighted by Crippen LogP contribution is -2.43. The van der Waals surface area contributed by atoms with Crippen LogP contribution in [0.25, 0.3) is 0 Å². The third-order valence-corrected chi connectivity index (χ3v) is 3.12. The van der Waals surface area contributed by atoms with Crippen molar-refractivity contribution in [1.82, 2.24) is 10.6 Å². The van der Waals surface area contributed by atoms with E-state index in [-0.39, 0.29) is 18.5 Å². The van der Waals surface area contributed by atoms with Gasteiger partial charge >= 0.3 is 12.0 Å². The van der Waals surface area contributed by atoms with Crippen molar-refractivity contribution in [3.05, 3.63) is 35.9 Å². The fourth-order valence-electron chi connectivity index (χ4n) is 2.03. The molecule has 1 atom stereocenters. The van der Waals surface area contributed by atoms with Gasteiger partial charge in [0.05, 0.1) is 6.07 Å². The van der Waals surface area contributed by atoms with Crippen molar-refractivity contribution in [3.8, 4) is 6.07 Å². The van der Waals surface area contributed by atoms with Crippen LogP contribution in [0.15, 0.2) is 30.3 Å². The molecule has 0 aliphatic heterocycles. The number of benzene rings is 1. The highest BCUT2D eigenvalue weighted by atomic mass is 16.4. The highest BCUT2D eigenvalue weighted by Gasteiger charge is 2.14. The Bertz CT molecular complexity index is 511. The number of hydrogen-bond donors (Lipinski definition) is 3. The SMILES string of the molecule is N#CCCCNC(=O)NC(CCC(=O)O)Cc1ccccc1. The van der Waals surface area contributed by atoms with Crippen LogP contribution in [0.2, 0.25) is 0 Å². The molecule has 0 radical (unpaired) electrons. The van der Waals surface area contributed by atoms with E-state index in [1.165, 1.54) is 0 Å². The lowest BCUT2D eigenvalue weighted by Gasteiger charge is -2.18. The number of amides is 2. The molecule has 118 valence electrons. The molecule has 0 fully saturated rings.